The van der Waals surface area contributed by atoms with Crippen LogP contribution in [-0.4, -0.2) is 30.9 Å². The topological polar surface area (TPSA) is 32.3 Å². The van der Waals surface area contributed by atoms with Gasteiger partial charge in [0.2, 0.25) is 5.91 Å². The highest BCUT2D eigenvalue weighted by atomic mass is 35.5. The number of aryl methyl sites for hydroxylation is 1. The van der Waals surface area contributed by atoms with E-state index in [0.29, 0.717) is 12.5 Å². The van der Waals surface area contributed by atoms with Crippen molar-refractivity contribution in [3.8, 4) is 0 Å². The van der Waals surface area contributed by atoms with E-state index in [0.717, 1.165) is 13.1 Å². The molecule has 1 amide bonds. The van der Waals surface area contributed by atoms with Gasteiger partial charge < -0.3 is 10.2 Å². The van der Waals surface area contributed by atoms with Gasteiger partial charge in [-0.2, -0.15) is 0 Å². The molecule has 0 saturated carbocycles. The Morgan fingerprint density at radius 3 is 2.58 bits per heavy atom. The molecule has 1 aromatic carbocycles. The fourth-order valence-corrected chi connectivity index (χ4v) is 2.33. The molecule has 0 aromatic heterocycles. The van der Waals surface area contributed by atoms with Gasteiger partial charge in [0.05, 0.1) is 0 Å². The molecule has 1 atom stereocenters. The fourth-order valence-electron chi connectivity index (χ4n) is 2.33. The van der Waals surface area contributed by atoms with Crippen LogP contribution in [0.5, 0.6) is 0 Å². The first-order chi connectivity index (χ1) is 8.59. The standard InChI is InChI=1S/C15H22N2O.ClH/c1-11-6-4-5-7-13(11)10-17(3)15(18)12(2)14-8-16-9-14;/h4-7,12,14,16H,8-10H2,1-3H3;1H. The summed E-state index contributed by atoms with van der Waals surface area (Å²) in [7, 11) is 1.90. The lowest BCUT2D eigenvalue weighted by Crippen LogP contribution is -2.49. The summed E-state index contributed by atoms with van der Waals surface area (Å²) in [6, 6.07) is 8.24. The van der Waals surface area contributed by atoms with Crippen LogP contribution in [0.4, 0.5) is 0 Å². The van der Waals surface area contributed by atoms with Crippen molar-refractivity contribution in [1.29, 1.82) is 0 Å². The average molecular weight is 283 g/mol. The van der Waals surface area contributed by atoms with Crippen molar-refractivity contribution in [2.45, 2.75) is 20.4 Å². The largest absolute Gasteiger partial charge is 0.341 e. The van der Waals surface area contributed by atoms with E-state index in [9.17, 15) is 4.79 Å². The summed E-state index contributed by atoms with van der Waals surface area (Å²) in [6.45, 7) is 6.79. The van der Waals surface area contributed by atoms with Crippen LogP contribution in [0.1, 0.15) is 18.1 Å². The lowest BCUT2D eigenvalue weighted by molar-refractivity contribution is -0.136. The van der Waals surface area contributed by atoms with Crippen molar-refractivity contribution in [3.05, 3.63) is 35.4 Å². The minimum absolute atomic E-state index is 0. The Balaban J connectivity index is 0.00000180. The van der Waals surface area contributed by atoms with Crippen molar-refractivity contribution in [1.82, 2.24) is 10.2 Å². The van der Waals surface area contributed by atoms with Crippen LogP contribution < -0.4 is 5.32 Å². The summed E-state index contributed by atoms with van der Waals surface area (Å²) in [5.74, 6) is 0.891. The molecule has 2 rings (SSSR count). The first-order valence-corrected chi connectivity index (χ1v) is 6.60. The maximum atomic E-state index is 12.3. The summed E-state index contributed by atoms with van der Waals surface area (Å²) in [6.07, 6.45) is 0. The minimum Gasteiger partial charge on any atom is -0.341 e. The Hall–Kier alpha value is -1.06. The van der Waals surface area contributed by atoms with Gasteiger partial charge in [0.1, 0.15) is 0 Å². The smallest absolute Gasteiger partial charge is 0.225 e. The summed E-state index contributed by atoms with van der Waals surface area (Å²) >= 11 is 0. The quantitative estimate of drug-likeness (QED) is 0.918. The Kier molecular flexibility index (Phi) is 5.83. The summed E-state index contributed by atoms with van der Waals surface area (Å²) in [5.41, 5.74) is 2.47. The van der Waals surface area contributed by atoms with Crippen LogP contribution in [0.2, 0.25) is 0 Å². The van der Waals surface area contributed by atoms with Gasteiger partial charge in [-0.15, -0.1) is 12.4 Å². The molecule has 1 aliphatic rings. The molecule has 0 radical (unpaired) electrons. The summed E-state index contributed by atoms with van der Waals surface area (Å²) < 4.78 is 0. The lowest BCUT2D eigenvalue weighted by Gasteiger charge is -2.34. The van der Waals surface area contributed by atoms with Gasteiger partial charge >= 0.3 is 0 Å². The lowest BCUT2D eigenvalue weighted by atomic mass is 9.88. The zero-order valence-electron chi connectivity index (χ0n) is 11.8. The zero-order valence-corrected chi connectivity index (χ0v) is 12.7. The van der Waals surface area contributed by atoms with Crippen molar-refractivity contribution < 1.29 is 4.79 Å². The molecule has 3 nitrogen and oxygen atoms in total. The average Bonchev–Trinajstić information content (AvgIpc) is 2.28. The van der Waals surface area contributed by atoms with E-state index in [1.54, 1.807) is 0 Å². The molecule has 0 spiro atoms. The van der Waals surface area contributed by atoms with Gasteiger partial charge in [-0.3, -0.25) is 4.79 Å². The van der Waals surface area contributed by atoms with E-state index < -0.39 is 0 Å². The van der Waals surface area contributed by atoms with Crippen LogP contribution in [-0.2, 0) is 11.3 Å². The van der Waals surface area contributed by atoms with Gasteiger partial charge in [-0.1, -0.05) is 31.2 Å². The number of benzene rings is 1. The first-order valence-electron chi connectivity index (χ1n) is 6.60. The molecule has 4 heteroatoms. The monoisotopic (exact) mass is 282 g/mol. The van der Waals surface area contributed by atoms with E-state index in [1.165, 1.54) is 11.1 Å². The molecule has 1 unspecified atom stereocenters. The molecular weight excluding hydrogens is 260 g/mol. The number of hydrogen-bond donors (Lipinski definition) is 1. The van der Waals surface area contributed by atoms with Gasteiger partial charge in [0.25, 0.3) is 0 Å². The number of carbonyl (C=O) groups is 1. The predicted octanol–water partition coefficient (Wildman–Crippen LogP) is 2.23. The van der Waals surface area contributed by atoms with Crippen LogP contribution in [0.25, 0.3) is 0 Å². The second-order valence-corrected chi connectivity index (χ2v) is 5.33. The van der Waals surface area contributed by atoms with E-state index >= 15 is 0 Å². The molecule has 0 bridgehead atoms. The minimum atomic E-state index is 0. The normalized spacial score (nSPS) is 16.2. The van der Waals surface area contributed by atoms with E-state index in [-0.39, 0.29) is 24.2 Å². The third-order valence-electron chi connectivity index (χ3n) is 3.95. The van der Waals surface area contributed by atoms with Crippen molar-refractivity contribution in [2.24, 2.45) is 11.8 Å². The van der Waals surface area contributed by atoms with Crippen LogP contribution in [0, 0.1) is 18.8 Å². The fraction of sp³-hybridized carbons (Fsp3) is 0.533. The molecule has 0 aliphatic carbocycles. The van der Waals surface area contributed by atoms with Gasteiger partial charge in [-0.05, 0) is 37.1 Å². The molecule has 1 aromatic rings. The van der Waals surface area contributed by atoms with Gasteiger partial charge in [0, 0.05) is 19.5 Å². The number of rotatable bonds is 4. The Bertz CT molecular complexity index is 432. The van der Waals surface area contributed by atoms with Crippen molar-refractivity contribution in [3.63, 3.8) is 0 Å². The molecule has 1 N–H and O–H groups in total. The summed E-state index contributed by atoms with van der Waals surface area (Å²) in [5, 5.41) is 3.22. The number of halogens is 1. The number of amides is 1. The Labute approximate surface area is 121 Å². The predicted molar refractivity (Wildman–Crippen MR) is 80.4 cm³/mol. The number of hydrogen-bond acceptors (Lipinski definition) is 2. The molecule has 19 heavy (non-hydrogen) atoms. The van der Waals surface area contributed by atoms with E-state index in [1.807, 2.05) is 31.0 Å². The van der Waals surface area contributed by atoms with E-state index in [4.69, 9.17) is 0 Å². The SMILES string of the molecule is Cc1ccccc1CN(C)C(=O)C(C)C1CNC1.Cl. The van der Waals surface area contributed by atoms with Crippen LogP contribution in [0.15, 0.2) is 24.3 Å². The maximum absolute atomic E-state index is 12.3. The molecule has 1 aliphatic heterocycles. The third kappa shape index (κ3) is 3.71. The van der Waals surface area contributed by atoms with Crippen molar-refractivity contribution in [2.75, 3.05) is 20.1 Å². The molecule has 106 valence electrons. The van der Waals surface area contributed by atoms with Gasteiger partial charge in [0.15, 0.2) is 0 Å². The number of nitrogens with zero attached hydrogens (tertiary/aromatic N) is 1. The summed E-state index contributed by atoms with van der Waals surface area (Å²) in [4.78, 5) is 14.1. The third-order valence-corrected chi connectivity index (χ3v) is 3.95. The molecule has 1 heterocycles. The highest BCUT2D eigenvalue weighted by Crippen LogP contribution is 2.19. The number of carbonyl (C=O) groups excluding carboxylic acids is 1. The second kappa shape index (κ2) is 6.92. The number of nitrogens with one attached hydrogen (secondary N) is 1. The van der Waals surface area contributed by atoms with Crippen LogP contribution >= 0.6 is 12.4 Å². The first kappa shape index (κ1) is 16.0. The van der Waals surface area contributed by atoms with E-state index in [2.05, 4.69) is 24.4 Å². The molecule has 1 saturated heterocycles. The zero-order chi connectivity index (χ0) is 13.1. The van der Waals surface area contributed by atoms with Crippen molar-refractivity contribution >= 4 is 18.3 Å². The Morgan fingerprint density at radius 1 is 1.42 bits per heavy atom. The molecular formula is C15H23ClN2O. The Morgan fingerprint density at radius 2 is 2.05 bits per heavy atom. The maximum Gasteiger partial charge on any atom is 0.225 e. The highest BCUT2D eigenvalue weighted by Gasteiger charge is 2.30. The van der Waals surface area contributed by atoms with Gasteiger partial charge in [-0.25, -0.2) is 0 Å². The highest BCUT2D eigenvalue weighted by molar-refractivity contribution is 5.85. The van der Waals surface area contributed by atoms with Crippen LogP contribution in [0.3, 0.4) is 0 Å². The molecule has 1 fully saturated rings. The second-order valence-electron chi connectivity index (χ2n) is 5.33.